The van der Waals surface area contributed by atoms with Crippen molar-refractivity contribution in [2.24, 2.45) is 0 Å². The van der Waals surface area contributed by atoms with Crippen LogP contribution in [0, 0.1) is 6.92 Å². The first-order valence-corrected chi connectivity index (χ1v) is 10.2. The van der Waals surface area contributed by atoms with Gasteiger partial charge in [-0.25, -0.2) is 18.4 Å². The fourth-order valence-electron chi connectivity index (χ4n) is 2.84. The highest BCUT2D eigenvalue weighted by molar-refractivity contribution is 7.89. The molecule has 4 aromatic rings. The highest BCUT2D eigenvalue weighted by Gasteiger charge is 2.15. The van der Waals surface area contributed by atoms with Gasteiger partial charge < -0.3 is 0 Å². The smallest absolute Gasteiger partial charge is 0.257 e. The van der Waals surface area contributed by atoms with E-state index < -0.39 is 10.0 Å². The molecule has 0 unspecified atom stereocenters. The lowest BCUT2D eigenvalue weighted by Gasteiger charge is -2.12. The van der Waals surface area contributed by atoms with Gasteiger partial charge in [-0.2, -0.15) is 0 Å². The minimum Gasteiger partial charge on any atom is -0.276 e. The zero-order valence-electron chi connectivity index (χ0n) is 15.1. The van der Waals surface area contributed by atoms with Crippen molar-refractivity contribution in [3.05, 3.63) is 84.4 Å². The summed E-state index contributed by atoms with van der Waals surface area (Å²) in [5.74, 6) is 0.174. The Morgan fingerprint density at radius 1 is 0.786 bits per heavy atom. The first-order valence-electron chi connectivity index (χ1n) is 8.70. The SMILES string of the molecule is Cc1ccc(S(=O)(=O)NNc2nc(-c3ccccc3)c3ccccc3n2)cc1. The van der Waals surface area contributed by atoms with E-state index in [2.05, 4.69) is 20.2 Å². The summed E-state index contributed by atoms with van der Waals surface area (Å²) in [6.45, 7) is 1.90. The average Bonchev–Trinajstić information content (AvgIpc) is 2.73. The van der Waals surface area contributed by atoms with Crippen LogP contribution in [0.1, 0.15) is 5.56 Å². The molecule has 3 aromatic carbocycles. The zero-order valence-corrected chi connectivity index (χ0v) is 15.9. The number of anilines is 1. The number of hydrogen-bond donors (Lipinski definition) is 2. The van der Waals surface area contributed by atoms with E-state index in [4.69, 9.17) is 0 Å². The molecule has 0 aliphatic rings. The van der Waals surface area contributed by atoms with Crippen molar-refractivity contribution in [1.29, 1.82) is 0 Å². The summed E-state index contributed by atoms with van der Waals surface area (Å²) in [5, 5.41) is 0.889. The number of sulfonamides is 1. The molecule has 140 valence electrons. The number of benzene rings is 3. The zero-order chi connectivity index (χ0) is 19.6. The number of para-hydroxylation sites is 1. The molecule has 0 aliphatic carbocycles. The predicted molar refractivity (Wildman–Crippen MR) is 110 cm³/mol. The molecule has 0 bridgehead atoms. The normalized spacial score (nSPS) is 11.5. The molecule has 7 heteroatoms. The van der Waals surface area contributed by atoms with E-state index in [1.807, 2.05) is 61.5 Å². The minimum absolute atomic E-state index is 0.162. The van der Waals surface area contributed by atoms with Crippen LogP contribution in [-0.4, -0.2) is 18.4 Å². The van der Waals surface area contributed by atoms with Crippen molar-refractivity contribution in [3.63, 3.8) is 0 Å². The molecule has 4 rings (SSSR count). The molecule has 0 amide bonds. The molecule has 0 spiro atoms. The van der Waals surface area contributed by atoms with Gasteiger partial charge in [-0.15, -0.1) is 4.83 Å². The predicted octanol–water partition coefficient (Wildman–Crippen LogP) is 3.91. The highest BCUT2D eigenvalue weighted by atomic mass is 32.2. The van der Waals surface area contributed by atoms with Gasteiger partial charge in [0.15, 0.2) is 0 Å². The van der Waals surface area contributed by atoms with Gasteiger partial charge in [0.05, 0.1) is 16.1 Å². The topological polar surface area (TPSA) is 84.0 Å². The van der Waals surface area contributed by atoms with Crippen LogP contribution >= 0.6 is 0 Å². The fourth-order valence-corrected chi connectivity index (χ4v) is 3.68. The molecule has 1 aromatic heterocycles. The summed E-state index contributed by atoms with van der Waals surface area (Å²) in [6.07, 6.45) is 0. The number of hydrazine groups is 1. The molecule has 0 fully saturated rings. The third-order valence-corrected chi connectivity index (χ3v) is 5.54. The Morgan fingerprint density at radius 2 is 1.46 bits per heavy atom. The van der Waals surface area contributed by atoms with Crippen molar-refractivity contribution in [2.45, 2.75) is 11.8 Å². The van der Waals surface area contributed by atoms with E-state index in [0.717, 1.165) is 22.2 Å². The minimum atomic E-state index is -3.75. The Kier molecular flexibility index (Phi) is 4.77. The van der Waals surface area contributed by atoms with Crippen molar-refractivity contribution in [3.8, 4) is 11.3 Å². The maximum atomic E-state index is 12.5. The van der Waals surface area contributed by atoms with Crippen LogP contribution in [0.5, 0.6) is 0 Å². The van der Waals surface area contributed by atoms with Crippen LogP contribution in [-0.2, 0) is 10.0 Å². The molecule has 28 heavy (non-hydrogen) atoms. The third-order valence-electron chi connectivity index (χ3n) is 4.28. The van der Waals surface area contributed by atoms with E-state index >= 15 is 0 Å². The van der Waals surface area contributed by atoms with Gasteiger partial charge in [-0.05, 0) is 25.1 Å². The molecule has 1 heterocycles. The Hall–Kier alpha value is -3.29. The van der Waals surface area contributed by atoms with E-state index in [1.165, 1.54) is 0 Å². The number of rotatable bonds is 5. The lowest BCUT2D eigenvalue weighted by molar-refractivity contribution is 0.587. The number of nitrogens with one attached hydrogen (secondary N) is 2. The summed E-state index contributed by atoms with van der Waals surface area (Å²) in [6, 6.07) is 23.9. The number of nitrogens with zero attached hydrogens (tertiary/aromatic N) is 2. The van der Waals surface area contributed by atoms with Crippen molar-refractivity contribution >= 4 is 26.9 Å². The maximum absolute atomic E-state index is 12.5. The molecule has 0 saturated carbocycles. The van der Waals surface area contributed by atoms with E-state index in [9.17, 15) is 8.42 Å². The summed E-state index contributed by atoms with van der Waals surface area (Å²) in [5.41, 5.74) is 5.99. The molecule has 2 N–H and O–H groups in total. The second-order valence-electron chi connectivity index (χ2n) is 6.32. The second-order valence-corrected chi connectivity index (χ2v) is 8.00. The molecular weight excluding hydrogens is 372 g/mol. The Bertz CT molecular complexity index is 1220. The van der Waals surface area contributed by atoms with Gasteiger partial charge in [0.25, 0.3) is 10.0 Å². The van der Waals surface area contributed by atoms with Gasteiger partial charge in [0, 0.05) is 10.9 Å². The van der Waals surface area contributed by atoms with Crippen LogP contribution in [0.2, 0.25) is 0 Å². The monoisotopic (exact) mass is 390 g/mol. The van der Waals surface area contributed by atoms with E-state index in [-0.39, 0.29) is 10.8 Å². The number of aryl methyl sites for hydroxylation is 1. The third kappa shape index (κ3) is 3.71. The summed E-state index contributed by atoms with van der Waals surface area (Å²) in [7, 11) is -3.75. The average molecular weight is 390 g/mol. The first kappa shape index (κ1) is 18.1. The summed E-state index contributed by atoms with van der Waals surface area (Å²) >= 11 is 0. The van der Waals surface area contributed by atoms with Gasteiger partial charge in [0.2, 0.25) is 5.95 Å². The fraction of sp³-hybridized carbons (Fsp3) is 0.0476. The van der Waals surface area contributed by atoms with Crippen LogP contribution in [0.4, 0.5) is 5.95 Å². The van der Waals surface area contributed by atoms with Gasteiger partial charge in [-0.3, -0.25) is 5.43 Å². The maximum Gasteiger partial charge on any atom is 0.257 e. The van der Waals surface area contributed by atoms with Crippen LogP contribution in [0.25, 0.3) is 22.2 Å². The van der Waals surface area contributed by atoms with Crippen molar-refractivity contribution in [2.75, 3.05) is 5.43 Å². The lowest BCUT2D eigenvalue weighted by atomic mass is 10.1. The lowest BCUT2D eigenvalue weighted by Crippen LogP contribution is -2.30. The second kappa shape index (κ2) is 7.38. The Labute approximate surface area is 163 Å². The first-order chi connectivity index (χ1) is 13.5. The Morgan fingerprint density at radius 3 is 2.21 bits per heavy atom. The highest BCUT2D eigenvalue weighted by Crippen LogP contribution is 2.26. The van der Waals surface area contributed by atoms with Gasteiger partial charge >= 0.3 is 0 Å². The molecule has 0 aliphatic heterocycles. The largest absolute Gasteiger partial charge is 0.276 e. The van der Waals surface area contributed by atoms with E-state index in [1.54, 1.807) is 24.3 Å². The van der Waals surface area contributed by atoms with Crippen LogP contribution in [0.3, 0.4) is 0 Å². The van der Waals surface area contributed by atoms with Crippen LogP contribution < -0.4 is 10.3 Å². The number of aromatic nitrogens is 2. The molecule has 0 saturated heterocycles. The van der Waals surface area contributed by atoms with Gasteiger partial charge in [-0.1, -0.05) is 66.2 Å². The molecule has 0 atom stereocenters. The molecule has 6 nitrogen and oxygen atoms in total. The van der Waals surface area contributed by atoms with Crippen molar-refractivity contribution < 1.29 is 8.42 Å². The van der Waals surface area contributed by atoms with Crippen LogP contribution in [0.15, 0.2) is 83.8 Å². The standard InChI is InChI=1S/C21H18N4O2S/c1-15-11-13-17(14-12-15)28(26,27)25-24-21-22-19-10-6-5-9-18(19)20(23-21)16-7-3-2-4-8-16/h2-14,25H,1H3,(H,22,23,24). The number of fused-ring (bicyclic) bond motifs is 1. The quantitative estimate of drug-likeness (QED) is 0.505. The molecular formula is C21H18N4O2S. The summed E-state index contributed by atoms with van der Waals surface area (Å²) < 4.78 is 25.0. The number of hydrogen-bond acceptors (Lipinski definition) is 5. The molecule has 0 radical (unpaired) electrons. The summed E-state index contributed by atoms with van der Waals surface area (Å²) in [4.78, 5) is 11.5. The Balaban J connectivity index is 1.69. The van der Waals surface area contributed by atoms with E-state index in [0.29, 0.717) is 5.52 Å². The van der Waals surface area contributed by atoms with Gasteiger partial charge in [0.1, 0.15) is 0 Å². The van der Waals surface area contributed by atoms with Crippen molar-refractivity contribution in [1.82, 2.24) is 14.8 Å².